The Bertz CT molecular complexity index is 920. The summed E-state index contributed by atoms with van der Waals surface area (Å²) in [6.45, 7) is 0.869. The first kappa shape index (κ1) is 17.1. The van der Waals surface area contributed by atoms with E-state index < -0.39 is 0 Å². The third kappa shape index (κ3) is 3.79. The maximum Gasteiger partial charge on any atom is 0.227 e. The lowest BCUT2D eigenvalue weighted by Gasteiger charge is -2.25. The minimum Gasteiger partial charge on any atom is -0.497 e. The molecule has 1 aliphatic heterocycles. The molecule has 1 aromatic heterocycles. The number of rotatable bonds is 5. The molecule has 0 saturated carbocycles. The average Bonchev–Trinajstić information content (AvgIpc) is 3.26. The number of carbonyl (C=O) groups is 1. The summed E-state index contributed by atoms with van der Waals surface area (Å²) in [7, 11) is 1.63. The average molecular weight is 363 g/mol. The minimum absolute atomic E-state index is 0.00706. The molecule has 6 heteroatoms. The molecule has 0 radical (unpaired) electrons. The molecular formula is C21H21N3O3. The van der Waals surface area contributed by atoms with E-state index in [2.05, 4.69) is 10.4 Å². The number of benzene rings is 2. The molecule has 0 fully saturated rings. The molecule has 0 saturated heterocycles. The van der Waals surface area contributed by atoms with E-state index in [1.54, 1.807) is 18.0 Å². The van der Waals surface area contributed by atoms with Crippen LogP contribution in [0.2, 0.25) is 0 Å². The Balaban J connectivity index is 1.34. The lowest BCUT2D eigenvalue weighted by atomic mass is 9.96. The van der Waals surface area contributed by atoms with Gasteiger partial charge in [0.05, 0.1) is 18.7 Å². The van der Waals surface area contributed by atoms with Crippen LogP contribution in [0.1, 0.15) is 11.1 Å². The topological polar surface area (TPSA) is 65.4 Å². The Morgan fingerprint density at radius 3 is 2.89 bits per heavy atom. The van der Waals surface area contributed by atoms with E-state index in [1.807, 2.05) is 54.7 Å². The van der Waals surface area contributed by atoms with E-state index in [1.165, 1.54) is 0 Å². The zero-order valence-electron chi connectivity index (χ0n) is 15.1. The van der Waals surface area contributed by atoms with Crippen LogP contribution in [0, 0.1) is 5.92 Å². The highest BCUT2D eigenvalue weighted by atomic mass is 16.5. The Hall–Kier alpha value is -3.28. The number of nitrogens with one attached hydrogen (secondary N) is 1. The number of methoxy groups -OCH3 is 1. The highest BCUT2D eigenvalue weighted by molar-refractivity contribution is 5.79. The first-order valence-electron chi connectivity index (χ1n) is 8.89. The number of carbonyl (C=O) groups excluding carboxylic acids is 1. The molecule has 27 heavy (non-hydrogen) atoms. The van der Waals surface area contributed by atoms with Gasteiger partial charge in [-0.1, -0.05) is 18.2 Å². The van der Waals surface area contributed by atoms with Gasteiger partial charge in [0, 0.05) is 25.0 Å². The Kier molecular flexibility index (Phi) is 4.78. The summed E-state index contributed by atoms with van der Waals surface area (Å²) in [4.78, 5) is 12.5. The summed E-state index contributed by atoms with van der Waals surface area (Å²) < 4.78 is 12.8. The third-order valence-corrected chi connectivity index (χ3v) is 4.72. The fraction of sp³-hybridized carbons (Fsp3) is 0.238. The molecule has 1 atom stereocenters. The summed E-state index contributed by atoms with van der Waals surface area (Å²) in [5.74, 6) is 1.38. The molecule has 0 unspecified atom stereocenters. The van der Waals surface area contributed by atoms with Crippen molar-refractivity contribution in [3.05, 3.63) is 72.1 Å². The van der Waals surface area contributed by atoms with Crippen LogP contribution in [-0.2, 0) is 17.8 Å². The summed E-state index contributed by atoms with van der Waals surface area (Å²) in [6, 6.07) is 15.6. The fourth-order valence-corrected chi connectivity index (χ4v) is 3.17. The molecule has 4 rings (SSSR count). The lowest BCUT2D eigenvalue weighted by Crippen LogP contribution is -2.37. The fourth-order valence-electron chi connectivity index (χ4n) is 3.17. The van der Waals surface area contributed by atoms with Crippen molar-refractivity contribution in [1.82, 2.24) is 15.1 Å². The van der Waals surface area contributed by atoms with Crippen molar-refractivity contribution in [2.24, 2.45) is 5.92 Å². The van der Waals surface area contributed by atoms with E-state index in [0.29, 0.717) is 19.6 Å². The molecule has 1 N–H and O–H groups in total. The second kappa shape index (κ2) is 7.53. The molecule has 2 heterocycles. The van der Waals surface area contributed by atoms with E-state index in [9.17, 15) is 4.79 Å². The van der Waals surface area contributed by atoms with Crippen molar-refractivity contribution in [3.63, 3.8) is 0 Å². The van der Waals surface area contributed by atoms with E-state index in [0.717, 1.165) is 28.3 Å². The largest absolute Gasteiger partial charge is 0.497 e. The van der Waals surface area contributed by atoms with Crippen LogP contribution in [0.5, 0.6) is 11.5 Å². The molecule has 1 aliphatic rings. The second-order valence-electron chi connectivity index (χ2n) is 6.52. The maximum absolute atomic E-state index is 12.5. The first-order chi connectivity index (χ1) is 13.2. The predicted molar refractivity (Wildman–Crippen MR) is 101 cm³/mol. The SMILES string of the molecule is COc1ccc2c(c1)OC[C@H](C(=O)NCc1ccc(-n3cccn3)cc1)C2. The van der Waals surface area contributed by atoms with Gasteiger partial charge >= 0.3 is 0 Å². The third-order valence-electron chi connectivity index (χ3n) is 4.72. The number of nitrogens with zero attached hydrogens (tertiary/aromatic N) is 2. The standard InChI is InChI=1S/C21H21N3O3/c1-26-19-8-5-16-11-17(14-27-20(16)12-19)21(25)22-13-15-3-6-18(7-4-15)24-10-2-9-23-24/h2-10,12,17H,11,13-14H2,1H3,(H,22,25)/t17-/m1/s1. The quantitative estimate of drug-likeness (QED) is 0.757. The molecule has 0 bridgehead atoms. The van der Waals surface area contributed by atoms with Crippen molar-refractivity contribution >= 4 is 5.91 Å². The van der Waals surface area contributed by atoms with Gasteiger partial charge in [-0.2, -0.15) is 5.10 Å². The number of amides is 1. The first-order valence-corrected chi connectivity index (χ1v) is 8.89. The smallest absolute Gasteiger partial charge is 0.227 e. The lowest BCUT2D eigenvalue weighted by molar-refractivity contribution is -0.126. The van der Waals surface area contributed by atoms with Crippen LogP contribution in [-0.4, -0.2) is 29.4 Å². The van der Waals surface area contributed by atoms with Crippen LogP contribution in [0.4, 0.5) is 0 Å². The van der Waals surface area contributed by atoms with Crippen LogP contribution < -0.4 is 14.8 Å². The summed E-state index contributed by atoms with van der Waals surface area (Å²) in [5, 5.41) is 7.22. The monoisotopic (exact) mass is 363 g/mol. The molecule has 138 valence electrons. The normalized spacial score (nSPS) is 15.5. The van der Waals surface area contributed by atoms with Gasteiger partial charge in [-0.25, -0.2) is 4.68 Å². The molecule has 3 aromatic rings. The number of fused-ring (bicyclic) bond motifs is 1. The molecule has 1 amide bonds. The van der Waals surface area contributed by atoms with Crippen molar-refractivity contribution in [3.8, 4) is 17.2 Å². The van der Waals surface area contributed by atoms with Gasteiger partial charge in [0.15, 0.2) is 0 Å². The van der Waals surface area contributed by atoms with E-state index in [-0.39, 0.29) is 11.8 Å². The van der Waals surface area contributed by atoms with Crippen LogP contribution in [0.15, 0.2) is 60.9 Å². The zero-order valence-corrected chi connectivity index (χ0v) is 15.1. The molecule has 0 aliphatic carbocycles. The summed E-state index contributed by atoms with van der Waals surface area (Å²) >= 11 is 0. The highest BCUT2D eigenvalue weighted by Crippen LogP contribution is 2.31. The second-order valence-corrected chi connectivity index (χ2v) is 6.52. The van der Waals surface area contributed by atoms with Crippen molar-refractivity contribution in [1.29, 1.82) is 0 Å². The molecule has 2 aromatic carbocycles. The van der Waals surface area contributed by atoms with Crippen LogP contribution in [0.3, 0.4) is 0 Å². The number of aromatic nitrogens is 2. The molecule has 6 nitrogen and oxygen atoms in total. The number of hydrogen-bond acceptors (Lipinski definition) is 4. The van der Waals surface area contributed by atoms with Gasteiger partial charge in [-0.3, -0.25) is 4.79 Å². The number of ether oxygens (including phenoxy) is 2. The van der Waals surface area contributed by atoms with Gasteiger partial charge in [-0.05, 0) is 41.8 Å². The maximum atomic E-state index is 12.5. The summed E-state index contributed by atoms with van der Waals surface area (Å²) in [5.41, 5.74) is 3.06. The van der Waals surface area contributed by atoms with Crippen LogP contribution in [0.25, 0.3) is 5.69 Å². The van der Waals surface area contributed by atoms with Crippen LogP contribution >= 0.6 is 0 Å². The van der Waals surface area contributed by atoms with Gasteiger partial charge in [0.2, 0.25) is 5.91 Å². The minimum atomic E-state index is -0.186. The predicted octanol–water partition coefficient (Wildman–Crippen LogP) is 2.75. The van der Waals surface area contributed by atoms with Crippen molar-refractivity contribution in [2.75, 3.05) is 13.7 Å². The van der Waals surface area contributed by atoms with Gasteiger partial charge in [0.1, 0.15) is 18.1 Å². The van der Waals surface area contributed by atoms with E-state index in [4.69, 9.17) is 9.47 Å². The van der Waals surface area contributed by atoms with Gasteiger partial charge in [0.25, 0.3) is 0 Å². The Labute approximate surface area is 157 Å². The summed E-state index contributed by atoms with van der Waals surface area (Å²) in [6.07, 6.45) is 4.31. The highest BCUT2D eigenvalue weighted by Gasteiger charge is 2.26. The van der Waals surface area contributed by atoms with Crippen molar-refractivity contribution in [2.45, 2.75) is 13.0 Å². The van der Waals surface area contributed by atoms with E-state index >= 15 is 0 Å². The van der Waals surface area contributed by atoms with Gasteiger partial charge in [-0.15, -0.1) is 0 Å². The number of hydrogen-bond donors (Lipinski definition) is 1. The Morgan fingerprint density at radius 2 is 2.15 bits per heavy atom. The Morgan fingerprint density at radius 1 is 1.30 bits per heavy atom. The van der Waals surface area contributed by atoms with Gasteiger partial charge < -0.3 is 14.8 Å². The molecule has 0 spiro atoms. The molecular weight excluding hydrogens is 342 g/mol. The van der Waals surface area contributed by atoms with Crippen molar-refractivity contribution < 1.29 is 14.3 Å². The zero-order chi connectivity index (χ0) is 18.6.